The summed E-state index contributed by atoms with van der Waals surface area (Å²) in [6.07, 6.45) is 4.27. The number of hydrogen-bond acceptors (Lipinski definition) is 4. The van der Waals surface area contributed by atoms with E-state index in [1.165, 1.54) is 17.5 Å². The molecule has 1 atom stereocenters. The molecule has 1 aromatic heterocycles. The number of pyridine rings is 1. The summed E-state index contributed by atoms with van der Waals surface area (Å²) < 4.78 is 5.12. The van der Waals surface area contributed by atoms with E-state index in [0.717, 1.165) is 24.2 Å². The molecule has 6 nitrogen and oxygen atoms in total. The molecule has 1 aliphatic heterocycles. The van der Waals surface area contributed by atoms with Crippen LogP contribution in [0.4, 0.5) is 5.69 Å². The van der Waals surface area contributed by atoms with Crippen LogP contribution in [0.25, 0.3) is 0 Å². The zero-order valence-corrected chi connectivity index (χ0v) is 16.1. The number of ether oxygens (including phenoxy) is 1. The van der Waals surface area contributed by atoms with E-state index >= 15 is 0 Å². The molecule has 4 rings (SSSR count). The van der Waals surface area contributed by atoms with Gasteiger partial charge in [0.05, 0.1) is 13.0 Å². The van der Waals surface area contributed by atoms with E-state index in [0.29, 0.717) is 25.4 Å². The van der Waals surface area contributed by atoms with Crippen LogP contribution in [0.2, 0.25) is 0 Å². The van der Waals surface area contributed by atoms with Crippen LogP contribution in [0.15, 0.2) is 36.4 Å². The topological polar surface area (TPSA) is 71.5 Å². The van der Waals surface area contributed by atoms with Crippen molar-refractivity contribution in [2.24, 2.45) is 5.92 Å². The summed E-state index contributed by atoms with van der Waals surface area (Å²) >= 11 is 0. The Labute approximate surface area is 164 Å². The highest BCUT2D eigenvalue weighted by Gasteiger charge is 2.35. The number of aryl methyl sites for hydroxylation is 2. The molecule has 2 heterocycles. The van der Waals surface area contributed by atoms with Gasteiger partial charge in [-0.3, -0.25) is 9.59 Å². The number of hydrogen-bond donors (Lipinski definition) is 1. The first-order chi connectivity index (χ1) is 13.6. The number of benzene rings is 1. The molecule has 2 amide bonds. The van der Waals surface area contributed by atoms with E-state index in [-0.39, 0.29) is 24.2 Å². The van der Waals surface area contributed by atoms with Gasteiger partial charge in [-0.2, -0.15) is 0 Å². The van der Waals surface area contributed by atoms with Crippen molar-refractivity contribution in [2.75, 3.05) is 25.1 Å². The minimum absolute atomic E-state index is 0.0209. The lowest BCUT2D eigenvalue weighted by Gasteiger charge is -2.18. The summed E-state index contributed by atoms with van der Waals surface area (Å²) in [6, 6.07) is 11.8. The second kappa shape index (κ2) is 8.00. The second-order valence-corrected chi connectivity index (χ2v) is 7.42. The van der Waals surface area contributed by atoms with Gasteiger partial charge in [-0.15, -0.1) is 0 Å². The number of methoxy groups -OCH3 is 1. The van der Waals surface area contributed by atoms with Crippen LogP contribution in [0.5, 0.6) is 5.88 Å². The highest BCUT2D eigenvalue weighted by molar-refractivity contribution is 6.00. The average molecular weight is 379 g/mol. The van der Waals surface area contributed by atoms with Crippen LogP contribution >= 0.6 is 0 Å². The summed E-state index contributed by atoms with van der Waals surface area (Å²) in [7, 11) is 1.58. The molecule has 28 heavy (non-hydrogen) atoms. The standard InChI is InChI=1S/C22H25N3O3/c1-28-20-7-3-6-18(24-20)10-11-23-22(27)17-13-21(26)25(14-17)19-9-8-15-4-2-5-16(15)12-19/h3,6-9,12,17H,2,4-5,10-11,13-14H2,1H3,(H,23,27). The fraction of sp³-hybridized carbons (Fsp3) is 0.409. The molecule has 0 spiro atoms. The van der Waals surface area contributed by atoms with Gasteiger partial charge in [-0.1, -0.05) is 12.1 Å². The molecule has 2 aliphatic rings. The number of amides is 2. The van der Waals surface area contributed by atoms with E-state index in [2.05, 4.69) is 22.4 Å². The van der Waals surface area contributed by atoms with Gasteiger partial charge in [-0.05, 0) is 48.6 Å². The summed E-state index contributed by atoms with van der Waals surface area (Å²) in [5.41, 5.74) is 4.50. The molecule has 0 bridgehead atoms. The van der Waals surface area contributed by atoms with Gasteiger partial charge in [0.15, 0.2) is 0 Å². The van der Waals surface area contributed by atoms with Gasteiger partial charge < -0.3 is 15.0 Å². The van der Waals surface area contributed by atoms with Crippen molar-refractivity contribution < 1.29 is 14.3 Å². The van der Waals surface area contributed by atoms with Gasteiger partial charge in [0.2, 0.25) is 17.7 Å². The smallest absolute Gasteiger partial charge is 0.227 e. The Balaban J connectivity index is 1.32. The van der Waals surface area contributed by atoms with Crippen molar-refractivity contribution >= 4 is 17.5 Å². The number of nitrogens with zero attached hydrogens (tertiary/aromatic N) is 2. The van der Waals surface area contributed by atoms with Crippen LogP contribution in [0.3, 0.4) is 0 Å². The third-order valence-corrected chi connectivity index (χ3v) is 5.56. The van der Waals surface area contributed by atoms with E-state index in [1.807, 2.05) is 18.2 Å². The third kappa shape index (κ3) is 3.86. The molecule has 1 unspecified atom stereocenters. The number of carbonyl (C=O) groups is 2. The quantitative estimate of drug-likeness (QED) is 0.836. The molecule has 0 radical (unpaired) electrons. The normalized spacial score (nSPS) is 18.2. The Kier molecular flexibility index (Phi) is 5.28. The van der Waals surface area contributed by atoms with Crippen molar-refractivity contribution in [1.82, 2.24) is 10.3 Å². The number of fused-ring (bicyclic) bond motifs is 1. The lowest BCUT2D eigenvalue weighted by atomic mass is 10.1. The molecule has 1 aliphatic carbocycles. The SMILES string of the molecule is COc1cccc(CCNC(=O)C2CC(=O)N(c3ccc4c(c3)CCC4)C2)n1. The van der Waals surface area contributed by atoms with E-state index in [4.69, 9.17) is 4.74 Å². The van der Waals surface area contributed by atoms with E-state index in [9.17, 15) is 9.59 Å². The molecule has 1 saturated heterocycles. The van der Waals surface area contributed by atoms with Crippen molar-refractivity contribution in [1.29, 1.82) is 0 Å². The van der Waals surface area contributed by atoms with Crippen molar-refractivity contribution in [3.05, 3.63) is 53.2 Å². The second-order valence-electron chi connectivity index (χ2n) is 7.42. The molecular formula is C22H25N3O3. The molecule has 1 aromatic carbocycles. The first kappa shape index (κ1) is 18.5. The fourth-order valence-corrected chi connectivity index (χ4v) is 4.03. The Morgan fingerprint density at radius 3 is 2.96 bits per heavy atom. The van der Waals surface area contributed by atoms with Crippen molar-refractivity contribution in [2.45, 2.75) is 32.1 Å². The van der Waals surface area contributed by atoms with Gasteiger partial charge >= 0.3 is 0 Å². The highest BCUT2D eigenvalue weighted by Crippen LogP contribution is 2.30. The predicted molar refractivity (Wildman–Crippen MR) is 106 cm³/mol. The molecule has 0 saturated carbocycles. The lowest BCUT2D eigenvalue weighted by Crippen LogP contribution is -2.34. The van der Waals surface area contributed by atoms with Crippen molar-refractivity contribution in [3.63, 3.8) is 0 Å². The zero-order chi connectivity index (χ0) is 19.5. The number of aromatic nitrogens is 1. The average Bonchev–Trinajstić information content (AvgIpc) is 3.33. The fourth-order valence-electron chi connectivity index (χ4n) is 4.03. The Hall–Kier alpha value is -2.89. The minimum Gasteiger partial charge on any atom is -0.481 e. The molecule has 1 fully saturated rings. The molecule has 1 N–H and O–H groups in total. The maximum Gasteiger partial charge on any atom is 0.227 e. The maximum absolute atomic E-state index is 12.5. The first-order valence-corrected chi connectivity index (χ1v) is 9.84. The van der Waals surface area contributed by atoms with Crippen LogP contribution < -0.4 is 15.0 Å². The number of anilines is 1. The largest absolute Gasteiger partial charge is 0.481 e. The molecule has 146 valence electrons. The summed E-state index contributed by atoms with van der Waals surface area (Å²) in [6.45, 7) is 0.934. The third-order valence-electron chi connectivity index (χ3n) is 5.56. The number of rotatable bonds is 6. The van der Waals surface area contributed by atoms with E-state index in [1.54, 1.807) is 18.1 Å². The number of nitrogens with one attached hydrogen (secondary N) is 1. The highest BCUT2D eigenvalue weighted by atomic mass is 16.5. The monoisotopic (exact) mass is 379 g/mol. The van der Waals surface area contributed by atoms with Crippen LogP contribution in [0, 0.1) is 5.92 Å². The molecule has 6 heteroatoms. The van der Waals surface area contributed by atoms with Gasteiger partial charge in [0, 0.05) is 43.4 Å². The molecule has 2 aromatic rings. The zero-order valence-electron chi connectivity index (χ0n) is 16.1. The van der Waals surface area contributed by atoms with E-state index < -0.39 is 0 Å². The number of carbonyl (C=O) groups excluding carboxylic acids is 2. The Bertz CT molecular complexity index is 896. The Morgan fingerprint density at radius 1 is 1.25 bits per heavy atom. The summed E-state index contributed by atoms with van der Waals surface area (Å²) in [4.78, 5) is 31.1. The summed E-state index contributed by atoms with van der Waals surface area (Å²) in [5.74, 6) is 0.210. The van der Waals surface area contributed by atoms with Gasteiger partial charge in [0.1, 0.15) is 0 Å². The summed E-state index contributed by atoms with van der Waals surface area (Å²) in [5, 5.41) is 2.95. The van der Waals surface area contributed by atoms with Crippen LogP contribution in [-0.2, 0) is 28.9 Å². The first-order valence-electron chi connectivity index (χ1n) is 9.84. The minimum atomic E-state index is -0.306. The molecular weight excluding hydrogens is 354 g/mol. The van der Waals surface area contributed by atoms with Crippen LogP contribution in [-0.4, -0.2) is 37.0 Å². The van der Waals surface area contributed by atoms with Crippen LogP contribution in [0.1, 0.15) is 29.7 Å². The lowest BCUT2D eigenvalue weighted by molar-refractivity contribution is -0.126. The maximum atomic E-state index is 12.5. The predicted octanol–water partition coefficient (Wildman–Crippen LogP) is 2.29. The van der Waals surface area contributed by atoms with Crippen molar-refractivity contribution in [3.8, 4) is 5.88 Å². The van der Waals surface area contributed by atoms with Gasteiger partial charge in [-0.25, -0.2) is 4.98 Å². The Morgan fingerprint density at radius 2 is 2.11 bits per heavy atom. The van der Waals surface area contributed by atoms with Gasteiger partial charge in [0.25, 0.3) is 0 Å².